The lowest BCUT2D eigenvalue weighted by molar-refractivity contribution is 0.550. The van der Waals surface area contributed by atoms with Gasteiger partial charge in [-0.25, -0.2) is 9.78 Å². The fourth-order valence-electron chi connectivity index (χ4n) is 2.93. The molecule has 0 aliphatic heterocycles. The van der Waals surface area contributed by atoms with Crippen LogP contribution < -0.4 is 11.2 Å². The van der Waals surface area contributed by atoms with Gasteiger partial charge in [-0.05, 0) is 30.5 Å². The average molecular weight is 355 g/mol. The molecule has 7 heteroatoms. The molecular weight excluding hydrogens is 330 g/mol. The minimum Gasteiger partial charge on any atom is -0.336 e. The SMILES string of the molecule is CCCn1c(=O)c2[nH]c(C(C)(C)C)nc2n(CCc2ccncc2)c1=O. The number of pyridine rings is 1. The van der Waals surface area contributed by atoms with Crippen LogP contribution in [-0.2, 0) is 24.9 Å². The number of imidazole rings is 1. The fraction of sp³-hybridized carbons (Fsp3) is 0.474. The first-order chi connectivity index (χ1) is 12.3. The molecule has 138 valence electrons. The molecule has 0 radical (unpaired) electrons. The first-order valence-electron chi connectivity index (χ1n) is 8.95. The number of aromatic amines is 1. The molecule has 0 atom stereocenters. The van der Waals surface area contributed by atoms with E-state index in [9.17, 15) is 9.59 Å². The quantitative estimate of drug-likeness (QED) is 0.760. The van der Waals surface area contributed by atoms with Crippen LogP contribution in [0.25, 0.3) is 11.2 Å². The molecule has 0 aromatic carbocycles. The number of nitrogens with one attached hydrogen (secondary N) is 1. The highest BCUT2D eigenvalue weighted by atomic mass is 16.2. The molecule has 3 aromatic heterocycles. The molecule has 7 nitrogen and oxygen atoms in total. The molecule has 0 saturated heterocycles. The maximum Gasteiger partial charge on any atom is 0.332 e. The van der Waals surface area contributed by atoms with Crippen LogP contribution in [0.2, 0.25) is 0 Å². The van der Waals surface area contributed by atoms with Crippen molar-refractivity contribution in [2.45, 2.75) is 59.0 Å². The van der Waals surface area contributed by atoms with Crippen LogP contribution in [-0.4, -0.2) is 24.1 Å². The van der Waals surface area contributed by atoms with E-state index in [-0.39, 0.29) is 16.7 Å². The van der Waals surface area contributed by atoms with E-state index in [1.807, 2.05) is 39.8 Å². The molecule has 3 aromatic rings. The van der Waals surface area contributed by atoms with Crippen molar-refractivity contribution in [2.24, 2.45) is 0 Å². The van der Waals surface area contributed by atoms with Crippen molar-refractivity contribution in [3.63, 3.8) is 0 Å². The normalized spacial score (nSPS) is 12.0. The minimum atomic E-state index is -0.301. The summed E-state index contributed by atoms with van der Waals surface area (Å²) >= 11 is 0. The van der Waals surface area contributed by atoms with Gasteiger partial charge in [0.2, 0.25) is 0 Å². The van der Waals surface area contributed by atoms with E-state index in [2.05, 4.69) is 15.0 Å². The van der Waals surface area contributed by atoms with Crippen LogP contribution in [0, 0.1) is 0 Å². The molecule has 3 heterocycles. The van der Waals surface area contributed by atoms with Crippen molar-refractivity contribution in [3.8, 4) is 0 Å². The van der Waals surface area contributed by atoms with E-state index in [0.717, 1.165) is 5.56 Å². The second-order valence-electron chi connectivity index (χ2n) is 7.53. The molecule has 0 aliphatic rings. The van der Waals surface area contributed by atoms with E-state index in [4.69, 9.17) is 0 Å². The average Bonchev–Trinajstić information content (AvgIpc) is 3.05. The molecule has 0 amide bonds. The number of aryl methyl sites for hydroxylation is 2. The summed E-state index contributed by atoms with van der Waals surface area (Å²) in [7, 11) is 0. The number of fused-ring (bicyclic) bond motifs is 1. The van der Waals surface area contributed by atoms with E-state index in [0.29, 0.717) is 42.9 Å². The van der Waals surface area contributed by atoms with Gasteiger partial charge in [-0.3, -0.25) is 18.9 Å². The van der Waals surface area contributed by atoms with Crippen molar-refractivity contribution in [3.05, 3.63) is 56.8 Å². The largest absolute Gasteiger partial charge is 0.336 e. The summed E-state index contributed by atoms with van der Waals surface area (Å²) in [4.78, 5) is 37.5. The number of hydrogen-bond donors (Lipinski definition) is 1. The van der Waals surface area contributed by atoms with Gasteiger partial charge in [-0.1, -0.05) is 27.7 Å². The van der Waals surface area contributed by atoms with Gasteiger partial charge in [0.1, 0.15) is 11.3 Å². The second kappa shape index (κ2) is 6.90. The zero-order valence-corrected chi connectivity index (χ0v) is 15.7. The van der Waals surface area contributed by atoms with Crippen molar-refractivity contribution >= 4 is 11.2 Å². The Morgan fingerprint density at radius 3 is 2.38 bits per heavy atom. The molecule has 1 N–H and O–H groups in total. The second-order valence-corrected chi connectivity index (χ2v) is 7.53. The highest BCUT2D eigenvalue weighted by Crippen LogP contribution is 2.20. The summed E-state index contributed by atoms with van der Waals surface area (Å²) in [5.74, 6) is 0.705. The summed E-state index contributed by atoms with van der Waals surface area (Å²) in [5, 5.41) is 0. The maximum atomic E-state index is 12.9. The van der Waals surface area contributed by atoms with E-state index >= 15 is 0 Å². The van der Waals surface area contributed by atoms with Gasteiger partial charge in [0.15, 0.2) is 5.65 Å². The zero-order valence-electron chi connectivity index (χ0n) is 15.7. The van der Waals surface area contributed by atoms with E-state index in [1.54, 1.807) is 17.0 Å². The van der Waals surface area contributed by atoms with Gasteiger partial charge in [0.25, 0.3) is 5.56 Å². The predicted octanol–water partition coefficient (Wildman–Crippen LogP) is 2.23. The maximum absolute atomic E-state index is 12.9. The predicted molar refractivity (Wildman–Crippen MR) is 102 cm³/mol. The Morgan fingerprint density at radius 2 is 1.77 bits per heavy atom. The van der Waals surface area contributed by atoms with Gasteiger partial charge in [0.05, 0.1) is 0 Å². The minimum absolute atomic E-state index is 0.243. The molecule has 0 aliphatic carbocycles. The molecule has 0 fully saturated rings. The first kappa shape index (κ1) is 18.1. The lowest BCUT2D eigenvalue weighted by Gasteiger charge is -2.13. The summed E-state index contributed by atoms with van der Waals surface area (Å²) < 4.78 is 2.91. The van der Waals surface area contributed by atoms with Crippen LogP contribution in [0.4, 0.5) is 0 Å². The van der Waals surface area contributed by atoms with Gasteiger partial charge < -0.3 is 4.98 Å². The van der Waals surface area contributed by atoms with Crippen LogP contribution in [0.5, 0.6) is 0 Å². The van der Waals surface area contributed by atoms with Crippen LogP contribution in [0.3, 0.4) is 0 Å². The van der Waals surface area contributed by atoms with Crippen LogP contribution in [0.15, 0.2) is 34.1 Å². The highest BCUT2D eigenvalue weighted by Gasteiger charge is 2.23. The monoisotopic (exact) mass is 355 g/mol. The third-order valence-corrected chi connectivity index (χ3v) is 4.39. The Balaban J connectivity index is 2.16. The first-order valence-corrected chi connectivity index (χ1v) is 8.95. The summed E-state index contributed by atoms with van der Waals surface area (Å²) in [6.07, 6.45) is 4.85. The smallest absolute Gasteiger partial charge is 0.332 e. The lowest BCUT2D eigenvalue weighted by atomic mass is 9.96. The van der Waals surface area contributed by atoms with E-state index in [1.165, 1.54) is 4.57 Å². The highest BCUT2D eigenvalue weighted by molar-refractivity contribution is 5.70. The number of rotatable bonds is 5. The lowest BCUT2D eigenvalue weighted by Crippen LogP contribution is -2.40. The number of aromatic nitrogens is 5. The molecule has 0 saturated carbocycles. The van der Waals surface area contributed by atoms with Crippen LogP contribution >= 0.6 is 0 Å². The third kappa shape index (κ3) is 3.34. The molecular formula is C19H25N5O2. The molecule has 0 spiro atoms. The summed E-state index contributed by atoms with van der Waals surface area (Å²) in [6.45, 7) is 8.87. The number of nitrogens with zero attached hydrogens (tertiary/aromatic N) is 4. The summed E-state index contributed by atoms with van der Waals surface area (Å²) in [5.41, 5.74) is 1.08. The van der Waals surface area contributed by atoms with Gasteiger partial charge in [-0.2, -0.15) is 0 Å². The van der Waals surface area contributed by atoms with E-state index < -0.39 is 0 Å². The van der Waals surface area contributed by atoms with Gasteiger partial charge >= 0.3 is 5.69 Å². The summed E-state index contributed by atoms with van der Waals surface area (Å²) in [6, 6.07) is 3.85. The zero-order chi connectivity index (χ0) is 18.9. The number of H-pyrrole nitrogens is 1. The Bertz CT molecular complexity index is 1020. The number of hydrogen-bond acceptors (Lipinski definition) is 4. The Hall–Kier alpha value is -2.70. The van der Waals surface area contributed by atoms with Crippen LogP contribution in [0.1, 0.15) is 45.5 Å². The topological polar surface area (TPSA) is 85.6 Å². The van der Waals surface area contributed by atoms with Gasteiger partial charge in [0, 0.05) is 30.9 Å². The Kier molecular flexibility index (Phi) is 4.80. The van der Waals surface area contributed by atoms with Crippen molar-refractivity contribution in [2.75, 3.05) is 0 Å². The molecule has 0 unspecified atom stereocenters. The van der Waals surface area contributed by atoms with Gasteiger partial charge in [-0.15, -0.1) is 0 Å². The third-order valence-electron chi connectivity index (χ3n) is 4.39. The molecule has 26 heavy (non-hydrogen) atoms. The standard InChI is InChI=1S/C19H25N5O2/c1-5-11-24-16(25)14-15(22-17(21-14)19(2,3)4)23(18(24)26)12-8-13-6-9-20-10-7-13/h6-7,9-10H,5,8,11-12H2,1-4H3,(H,21,22). The molecule has 0 bridgehead atoms. The molecule has 3 rings (SSSR count). The van der Waals surface area contributed by atoms with Crippen molar-refractivity contribution in [1.82, 2.24) is 24.1 Å². The fourth-order valence-corrected chi connectivity index (χ4v) is 2.93. The Morgan fingerprint density at radius 1 is 1.08 bits per heavy atom. The van der Waals surface area contributed by atoms with Crippen molar-refractivity contribution < 1.29 is 0 Å². The Labute approximate surface area is 151 Å². The van der Waals surface area contributed by atoms with Crippen molar-refractivity contribution in [1.29, 1.82) is 0 Å².